The van der Waals surface area contributed by atoms with E-state index in [1.165, 1.54) is 6.07 Å². The van der Waals surface area contributed by atoms with E-state index >= 15 is 0 Å². The second-order valence-electron chi connectivity index (χ2n) is 3.18. The van der Waals surface area contributed by atoms with Crippen LogP contribution in [0, 0.1) is 33.6 Å². The third-order valence-electron chi connectivity index (χ3n) is 2.07. The fourth-order valence-corrected chi connectivity index (χ4v) is 2.00. The number of benzene rings is 1. The molecular formula is C11H14O3S. The van der Waals surface area contributed by atoms with Gasteiger partial charge in [0.05, 0.1) is 4.90 Å². The lowest BCUT2D eigenvalue weighted by Crippen LogP contribution is -2.02. The quantitative estimate of drug-likeness (QED) is 0.589. The average Bonchev–Trinajstić information content (AvgIpc) is 2.13. The Morgan fingerprint density at radius 1 is 1.00 bits per heavy atom. The van der Waals surface area contributed by atoms with Gasteiger partial charge < -0.3 is 0 Å². The molecule has 4 heteroatoms. The van der Waals surface area contributed by atoms with Gasteiger partial charge in [0.1, 0.15) is 0 Å². The SMILES string of the molecule is C#C.Cc1cc(C)c(S(=O)(=O)O)cc1C. The summed E-state index contributed by atoms with van der Waals surface area (Å²) >= 11 is 0. The van der Waals surface area contributed by atoms with E-state index < -0.39 is 10.1 Å². The Balaban J connectivity index is 0.000000921. The lowest BCUT2D eigenvalue weighted by atomic mass is 10.1. The Labute approximate surface area is 90.9 Å². The summed E-state index contributed by atoms with van der Waals surface area (Å²) in [6.07, 6.45) is 8.00. The van der Waals surface area contributed by atoms with Crippen LogP contribution < -0.4 is 0 Å². The second-order valence-corrected chi connectivity index (χ2v) is 4.57. The van der Waals surface area contributed by atoms with Crippen molar-refractivity contribution in [2.24, 2.45) is 0 Å². The first kappa shape index (κ1) is 13.7. The molecule has 0 heterocycles. The Morgan fingerprint density at radius 2 is 1.40 bits per heavy atom. The zero-order valence-corrected chi connectivity index (χ0v) is 9.80. The van der Waals surface area contributed by atoms with Crippen LogP contribution >= 0.6 is 0 Å². The predicted molar refractivity (Wildman–Crippen MR) is 60.4 cm³/mol. The topological polar surface area (TPSA) is 54.4 Å². The van der Waals surface area contributed by atoms with Gasteiger partial charge in [-0.1, -0.05) is 6.07 Å². The van der Waals surface area contributed by atoms with Gasteiger partial charge in [0.15, 0.2) is 0 Å². The molecule has 1 N–H and O–H groups in total. The van der Waals surface area contributed by atoms with Crippen molar-refractivity contribution >= 4 is 10.1 Å². The summed E-state index contributed by atoms with van der Waals surface area (Å²) in [7, 11) is -4.07. The Morgan fingerprint density at radius 3 is 1.80 bits per heavy atom. The van der Waals surface area contributed by atoms with E-state index in [9.17, 15) is 8.42 Å². The average molecular weight is 226 g/mol. The summed E-state index contributed by atoms with van der Waals surface area (Å²) in [6.45, 7) is 5.37. The minimum Gasteiger partial charge on any atom is -0.282 e. The molecule has 0 bridgehead atoms. The van der Waals surface area contributed by atoms with E-state index in [1.807, 2.05) is 13.8 Å². The van der Waals surface area contributed by atoms with Crippen LogP contribution in [0.2, 0.25) is 0 Å². The minimum atomic E-state index is -4.07. The highest BCUT2D eigenvalue weighted by Crippen LogP contribution is 2.19. The van der Waals surface area contributed by atoms with E-state index in [0.717, 1.165) is 11.1 Å². The second kappa shape index (κ2) is 4.96. The molecule has 0 aliphatic carbocycles. The molecule has 0 amide bonds. The number of hydrogen-bond donors (Lipinski definition) is 1. The summed E-state index contributed by atoms with van der Waals surface area (Å²) in [5, 5.41) is 0. The third-order valence-corrected chi connectivity index (χ3v) is 3.06. The molecule has 0 unspecified atom stereocenters. The van der Waals surface area contributed by atoms with E-state index in [0.29, 0.717) is 5.56 Å². The van der Waals surface area contributed by atoms with Gasteiger partial charge in [-0.05, 0) is 43.5 Å². The molecule has 0 radical (unpaired) electrons. The van der Waals surface area contributed by atoms with Crippen molar-refractivity contribution in [3.63, 3.8) is 0 Å². The maximum absolute atomic E-state index is 10.9. The third kappa shape index (κ3) is 3.39. The Kier molecular flexibility index (Phi) is 4.53. The van der Waals surface area contributed by atoms with E-state index in [4.69, 9.17) is 4.55 Å². The first-order valence-electron chi connectivity index (χ1n) is 4.21. The molecule has 0 saturated heterocycles. The highest BCUT2D eigenvalue weighted by Gasteiger charge is 2.13. The summed E-state index contributed by atoms with van der Waals surface area (Å²) in [5.74, 6) is 0. The molecule has 0 spiro atoms. The molecule has 0 aliphatic rings. The maximum atomic E-state index is 10.9. The first-order valence-corrected chi connectivity index (χ1v) is 5.65. The zero-order valence-electron chi connectivity index (χ0n) is 8.98. The van der Waals surface area contributed by atoms with Crippen LogP contribution in [-0.2, 0) is 10.1 Å². The van der Waals surface area contributed by atoms with E-state index in [1.54, 1.807) is 13.0 Å². The number of terminal acetylenes is 1. The molecule has 1 rings (SSSR count). The normalized spacial score (nSPS) is 10.3. The number of aryl methyl sites for hydroxylation is 3. The Hall–Kier alpha value is -1.31. The van der Waals surface area contributed by atoms with Crippen molar-refractivity contribution in [2.75, 3.05) is 0 Å². The standard InChI is InChI=1S/C9H12O3S.C2H2/c1-6-4-8(3)9(5-7(6)2)13(10,11)12;1-2/h4-5H,1-3H3,(H,10,11,12);1-2H. The lowest BCUT2D eigenvalue weighted by Gasteiger charge is -2.06. The molecule has 0 fully saturated rings. The van der Waals surface area contributed by atoms with Gasteiger partial charge in [0.25, 0.3) is 10.1 Å². The van der Waals surface area contributed by atoms with Crippen LogP contribution in [-0.4, -0.2) is 13.0 Å². The molecule has 0 atom stereocenters. The fourth-order valence-electron chi connectivity index (χ4n) is 1.21. The molecule has 15 heavy (non-hydrogen) atoms. The van der Waals surface area contributed by atoms with Crippen LogP contribution in [0.15, 0.2) is 17.0 Å². The molecule has 1 aromatic carbocycles. The summed E-state index contributed by atoms with van der Waals surface area (Å²) in [6, 6.07) is 3.23. The van der Waals surface area contributed by atoms with Crippen molar-refractivity contribution in [1.29, 1.82) is 0 Å². The molecule has 1 aromatic rings. The van der Waals surface area contributed by atoms with Gasteiger partial charge in [-0.25, -0.2) is 0 Å². The summed E-state index contributed by atoms with van der Waals surface area (Å²) in [5.41, 5.74) is 2.45. The van der Waals surface area contributed by atoms with Crippen molar-refractivity contribution in [3.05, 3.63) is 28.8 Å². The predicted octanol–water partition coefficient (Wildman–Crippen LogP) is 2.11. The summed E-state index contributed by atoms with van der Waals surface area (Å²) in [4.78, 5) is -0.00407. The van der Waals surface area contributed by atoms with Crippen LogP contribution in [0.25, 0.3) is 0 Å². The lowest BCUT2D eigenvalue weighted by molar-refractivity contribution is 0.482. The van der Waals surface area contributed by atoms with Gasteiger partial charge in [-0.2, -0.15) is 8.42 Å². The minimum absolute atomic E-state index is 0.00407. The van der Waals surface area contributed by atoms with E-state index in [-0.39, 0.29) is 4.90 Å². The van der Waals surface area contributed by atoms with Crippen molar-refractivity contribution in [3.8, 4) is 12.8 Å². The van der Waals surface area contributed by atoms with Gasteiger partial charge in [0.2, 0.25) is 0 Å². The van der Waals surface area contributed by atoms with Crippen LogP contribution in [0.1, 0.15) is 16.7 Å². The molecule has 82 valence electrons. The highest BCUT2D eigenvalue weighted by atomic mass is 32.2. The zero-order chi connectivity index (χ0) is 12.2. The number of rotatable bonds is 1. The summed E-state index contributed by atoms with van der Waals surface area (Å²) < 4.78 is 30.6. The molecule has 0 aromatic heterocycles. The fraction of sp³-hybridized carbons (Fsp3) is 0.273. The first-order chi connectivity index (χ1) is 6.82. The smallest absolute Gasteiger partial charge is 0.282 e. The maximum Gasteiger partial charge on any atom is 0.294 e. The molecule has 0 saturated carbocycles. The largest absolute Gasteiger partial charge is 0.294 e. The van der Waals surface area contributed by atoms with Crippen molar-refractivity contribution < 1.29 is 13.0 Å². The van der Waals surface area contributed by atoms with E-state index in [2.05, 4.69) is 12.8 Å². The van der Waals surface area contributed by atoms with Gasteiger partial charge in [0, 0.05) is 0 Å². The van der Waals surface area contributed by atoms with Gasteiger partial charge >= 0.3 is 0 Å². The van der Waals surface area contributed by atoms with Crippen LogP contribution in [0.4, 0.5) is 0 Å². The van der Waals surface area contributed by atoms with Gasteiger partial charge in [-0.15, -0.1) is 12.8 Å². The monoisotopic (exact) mass is 226 g/mol. The molecular weight excluding hydrogens is 212 g/mol. The molecule has 3 nitrogen and oxygen atoms in total. The number of hydrogen-bond acceptors (Lipinski definition) is 2. The van der Waals surface area contributed by atoms with Crippen LogP contribution in [0.3, 0.4) is 0 Å². The van der Waals surface area contributed by atoms with Gasteiger partial charge in [-0.3, -0.25) is 4.55 Å². The van der Waals surface area contributed by atoms with Crippen molar-refractivity contribution in [1.82, 2.24) is 0 Å². The molecule has 0 aliphatic heterocycles. The Bertz CT molecular complexity index is 470. The van der Waals surface area contributed by atoms with Crippen molar-refractivity contribution in [2.45, 2.75) is 25.7 Å². The highest BCUT2D eigenvalue weighted by molar-refractivity contribution is 7.85. The van der Waals surface area contributed by atoms with Crippen LogP contribution in [0.5, 0.6) is 0 Å².